The smallest absolute Gasteiger partial charge is 0.406 e. The summed E-state index contributed by atoms with van der Waals surface area (Å²) in [5, 5.41) is 0. The molecule has 0 aromatic heterocycles. The van der Waals surface area contributed by atoms with Crippen LogP contribution in [0.5, 0.6) is 5.75 Å². The standard InChI is InChI=1S/C16H19NO3/c1-3-16(20-15(17)18)10-8-13(9-11-16)12-4-6-14(19-2)7-5-12/h1,4-7,13H,8-11H2,2H3,(H2,17,18). The number of amides is 1. The van der Waals surface area contributed by atoms with E-state index in [2.05, 4.69) is 18.1 Å². The van der Waals surface area contributed by atoms with Crippen LogP contribution in [-0.2, 0) is 4.74 Å². The average molecular weight is 273 g/mol. The van der Waals surface area contributed by atoms with Crippen molar-refractivity contribution in [2.75, 3.05) is 7.11 Å². The molecule has 4 heteroatoms. The summed E-state index contributed by atoms with van der Waals surface area (Å²) in [5.74, 6) is 3.87. The second-order valence-electron chi connectivity index (χ2n) is 5.11. The number of hydrogen-bond acceptors (Lipinski definition) is 3. The third-order valence-electron chi connectivity index (χ3n) is 3.94. The molecule has 1 amide bonds. The molecule has 106 valence electrons. The van der Waals surface area contributed by atoms with Gasteiger partial charge in [0.2, 0.25) is 0 Å². The number of rotatable bonds is 3. The Balaban J connectivity index is 2.03. The zero-order chi connectivity index (χ0) is 14.6. The predicted octanol–water partition coefficient (Wildman–Crippen LogP) is 2.82. The van der Waals surface area contributed by atoms with E-state index in [1.807, 2.05) is 12.1 Å². The summed E-state index contributed by atoms with van der Waals surface area (Å²) in [7, 11) is 1.65. The summed E-state index contributed by atoms with van der Waals surface area (Å²) >= 11 is 0. The minimum atomic E-state index is -0.825. The Morgan fingerprint density at radius 3 is 2.40 bits per heavy atom. The largest absolute Gasteiger partial charge is 0.497 e. The first-order chi connectivity index (χ1) is 9.58. The van der Waals surface area contributed by atoms with Crippen molar-refractivity contribution in [3.63, 3.8) is 0 Å². The molecule has 20 heavy (non-hydrogen) atoms. The zero-order valence-electron chi connectivity index (χ0n) is 11.6. The molecule has 2 N–H and O–H groups in total. The van der Waals surface area contributed by atoms with Gasteiger partial charge in [-0.2, -0.15) is 0 Å². The first kappa shape index (κ1) is 14.3. The van der Waals surface area contributed by atoms with Crippen LogP contribution in [0.4, 0.5) is 4.79 Å². The molecule has 1 aliphatic carbocycles. The van der Waals surface area contributed by atoms with Gasteiger partial charge in [0.15, 0.2) is 5.60 Å². The van der Waals surface area contributed by atoms with Crippen LogP contribution in [-0.4, -0.2) is 18.8 Å². The van der Waals surface area contributed by atoms with Crippen LogP contribution in [0.3, 0.4) is 0 Å². The molecule has 1 fully saturated rings. The lowest BCUT2D eigenvalue weighted by atomic mass is 9.76. The molecule has 1 aliphatic rings. The van der Waals surface area contributed by atoms with E-state index in [0.29, 0.717) is 18.8 Å². The van der Waals surface area contributed by atoms with Crippen LogP contribution in [0.25, 0.3) is 0 Å². The van der Waals surface area contributed by atoms with Gasteiger partial charge >= 0.3 is 6.09 Å². The number of ether oxygens (including phenoxy) is 2. The minimum absolute atomic E-state index is 0.429. The highest BCUT2D eigenvalue weighted by Crippen LogP contribution is 2.39. The van der Waals surface area contributed by atoms with Gasteiger partial charge in [0.05, 0.1) is 7.11 Å². The third kappa shape index (κ3) is 3.05. The van der Waals surface area contributed by atoms with E-state index in [-0.39, 0.29) is 0 Å². The molecular formula is C16H19NO3. The van der Waals surface area contributed by atoms with Crippen LogP contribution in [0.1, 0.15) is 37.2 Å². The Labute approximate surface area is 119 Å². The van der Waals surface area contributed by atoms with Crippen LogP contribution in [0.15, 0.2) is 24.3 Å². The summed E-state index contributed by atoms with van der Waals surface area (Å²) in [6.07, 6.45) is 7.75. The minimum Gasteiger partial charge on any atom is -0.497 e. The van der Waals surface area contributed by atoms with Crippen molar-refractivity contribution in [1.82, 2.24) is 0 Å². The summed E-state index contributed by atoms with van der Waals surface area (Å²) in [6, 6.07) is 8.05. The molecule has 0 aliphatic heterocycles. The van der Waals surface area contributed by atoms with Crippen molar-refractivity contribution in [2.45, 2.75) is 37.2 Å². The van der Waals surface area contributed by atoms with Gasteiger partial charge in [-0.15, -0.1) is 6.42 Å². The fourth-order valence-corrected chi connectivity index (χ4v) is 2.76. The Morgan fingerprint density at radius 1 is 1.35 bits per heavy atom. The lowest BCUT2D eigenvalue weighted by Gasteiger charge is -2.35. The molecule has 1 aromatic carbocycles. The molecule has 0 spiro atoms. The van der Waals surface area contributed by atoms with E-state index < -0.39 is 11.7 Å². The summed E-state index contributed by atoms with van der Waals surface area (Å²) < 4.78 is 10.3. The molecule has 1 aromatic rings. The highest BCUT2D eigenvalue weighted by Gasteiger charge is 2.37. The van der Waals surface area contributed by atoms with Gasteiger partial charge in [0, 0.05) is 0 Å². The lowest BCUT2D eigenvalue weighted by molar-refractivity contribution is 0.0292. The maximum Gasteiger partial charge on any atom is 0.406 e. The summed E-state index contributed by atoms with van der Waals surface area (Å²) in [4.78, 5) is 10.9. The number of primary amides is 1. The second-order valence-corrected chi connectivity index (χ2v) is 5.11. The Kier molecular flexibility index (Phi) is 4.19. The average Bonchev–Trinajstić information content (AvgIpc) is 2.47. The number of carbonyl (C=O) groups is 1. The fraction of sp³-hybridized carbons (Fsp3) is 0.438. The molecule has 1 saturated carbocycles. The molecular weight excluding hydrogens is 254 g/mol. The number of terminal acetylenes is 1. The monoisotopic (exact) mass is 273 g/mol. The molecule has 2 rings (SSSR count). The van der Waals surface area contributed by atoms with Gasteiger partial charge in [0.1, 0.15) is 5.75 Å². The van der Waals surface area contributed by atoms with E-state index in [4.69, 9.17) is 21.6 Å². The SMILES string of the molecule is C#CC1(OC(N)=O)CCC(c2ccc(OC)cc2)CC1. The van der Waals surface area contributed by atoms with Crippen LogP contribution < -0.4 is 10.5 Å². The Morgan fingerprint density at radius 2 is 1.95 bits per heavy atom. The second kappa shape index (κ2) is 5.87. The van der Waals surface area contributed by atoms with E-state index in [0.717, 1.165) is 18.6 Å². The number of methoxy groups -OCH3 is 1. The lowest BCUT2D eigenvalue weighted by Crippen LogP contribution is -2.39. The zero-order valence-corrected chi connectivity index (χ0v) is 11.6. The molecule has 4 nitrogen and oxygen atoms in total. The predicted molar refractivity (Wildman–Crippen MR) is 76.4 cm³/mol. The first-order valence-electron chi connectivity index (χ1n) is 6.69. The van der Waals surface area contributed by atoms with Gasteiger partial charge in [-0.3, -0.25) is 0 Å². The number of hydrogen-bond donors (Lipinski definition) is 1. The molecule has 0 atom stereocenters. The van der Waals surface area contributed by atoms with Crippen molar-refractivity contribution < 1.29 is 14.3 Å². The van der Waals surface area contributed by atoms with Gasteiger partial charge in [-0.25, -0.2) is 4.79 Å². The van der Waals surface area contributed by atoms with Gasteiger partial charge in [-0.1, -0.05) is 18.1 Å². The summed E-state index contributed by atoms with van der Waals surface area (Å²) in [6.45, 7) is 0. The van der Waals surface area contributed by atoms with Gasteiger partial charge < -0.3 is 15.2 Å². The van der Waals surface area contributed by atoms with Crippen molar-refractivity contribution in [3.05, 3.63) is 29.8 Å². The number of carbonyl (C=O) groups excluding carboxylic acids is 1. The molecule has 0 unspecified atom stereocenters. The number of nitrogens with two attached hydrogens (primary N) is 1. The Bertz CT molecular complexity index is 508. The van der Waals surface area contributed by atoms with Crippen molar-refractivity contribution in [1.29, 1.82) is 0 Å². The van der Waals surface area contributed by atoms with E-state index >= 15 is 0 Å². The molecule has 0 saturated heterocycles. The summed E-state index contributed by atoms with van der Waals surface area (Å²) in [5.41, 5.74) is 5.53. The highest BCUT2D eigenvalue weighted by molar-refractivity contribution is 5.65. The van der Waals surface area contributed by atoms with Crippen LogP contribution in [0.2, 0.25) is 0 Å². The van der Waals surface area contributed by atoms with Crippen molar-refractivity contribution >= 4 is 6.09 Å². The molecule has 0 bridgehead atoms. The topological polar surface area (TPSA) is 61.5 Å². The first-order valence-corrected chi connectivity index (χ1v) is 6.69. The molecule has 0 heterocycles. The van der Waals surface area contributed by atoms with Crippen LogP contribution in [0, 0.1) is 12.3 Å². The van der Waals surface area contributed by atoms with Crippen molar-refractivity contribution in [3.8, 4) is 18.1 Å². The van der Waals surface area contributed by atoms with Crippen LogP contribution >= 0.6 is 0 Å². The fourth-order valence-electron chi connectivity index (χ4n) is 2.76. The third-order valence-corrected chi connectivity index (χ3v) is 3.94. The maximum atomic E-state index is 10.9. The highest BCUT2D eigenvalue weighted by atomic mass is 16.6. The van der Waals surface area contributed by atoms with E-state index in [1.165, 1.54) is 5.56 Å². The van der Waals surface area contributed by atoms with Gasteiger partial charge in [-0.05, 0) is 49.3 Å². The quantitative estimate of drug-likeness (QED) is 0.861. The van der Waals surface area contributed by atoms with Gasteiger partial charge in [0.25, 0.3) is 0 Å². The van der Waals surface area contributed by atoms with E-state index in [9.17, 15) is 4.79 Å². The van der Waals surface area contributed by atoms with E-state index in [1.54, 1.807) is 7.11 Å². The number of benzene rings is 1. The normalized spacial score (nSPS) is 25.5. The Hall–Kier alpha value is -2.15. The maximum absolute atomic E-state index is 10.9. The van der Waals surface area contributed by atoms with Crippen molar-refractivity contribution in [2.24, 2.45) is 5.73 Å². The molecule has 0 radical (unpaired) electrons.